The van der Waals surface area contributed by atoms with Crippen LogP contribution in [0.3, 0.4) is 0 Å². The zero-order chi connectivity index (χ0) is 22.5. The van der Waals surface area contributed by atoms with Gasteiger partial charge >= 0.3 is 0 Å². The molecule has 3 atom stereocenters. The van der Waals surface area contributed by atoms with Crippen molar-refractivity contribution in [2.24, 2.45) is 11.5 Å². The Bertz CT molecular complexity index is 1090. The number of nitrogens with zero attached hydrogens (tertiary/aromatic N) is 1. The molecule has 0 aromatic heterocycles. The quantitative estimate of drug-likeness (QED) is 0.536. The molecule has 1 aliphatic rings. The zero-order valence-corrected chi connectivity index (χ0v) is 18.1. The molecule has 0 saturated carbocycles. The van der Waals surface area contributed by atoms with Gasteiger partial charge in [0.2, 0.25) is 5.91 Å². The highest BCUT2D eigenvalue weighted by molar-refractivity contribution is 5.99. The predicted molar refractivity (Wildman–Crippen MR) is 127 cm³/mol. The van der Waals surface area contributed by atoms with Gasteiger partial charge < -0.3 is 21.7 Å². The van der Waals surface area contributed by atoms with Crippen LogP contribution in [0.1, 0.15) is 28.8 Å². The molecule has 166 valence electrons. The Hall–Kier alpha value is -3.22. The van der Waals surface area contributed by atoms with Gasteiger partial charge in [0.1, 0.15) is 0 Å². The van der Waals surface area contributed by atoms with Crippen LogP contribution in [0.25, 0.3) is 10.8 Å². The molecule has 0 radical (unpaired) electrons. The van der Waals surface area contributed by atoms with E-state index in [4.69, 9.17) is 11.5 Å². The molecule has 4 rings (SSSR count). The van der Waals surface area contributed by atoms with E-state index in [1.54, 1.807) is 4.90 Å². The van der Waals surface area contributed by atoms with Gasteiger partial charge in [0.05, 0.1) is 6.04 Å². The first kappa shape index (κ1) is 22.0. The third kappa shape index (κ3) is 4.98. The van der Waals surface area contributed by atoms with Gasteiger partial charge in [-0.15, -0.1) is 0 Å². The summed E-state index contributed by atoms with van der Waals surface area (Å²) in [6.45, 7) is 0.788. The average Bonchev–Trinajstić information content (AvgIpc) is 3.25. The molecule has 32 heavy (non-hydrogen) atoms. The number of benzene rings is 3. The highest BCUT2D eigenvalue weighted by Crippen LogP contribution is 2.23. The van der Waals surface area contributed by atoms with Crippen LogP contribution in [-0.4, -0.2) is 47.9 Å². The highest BCUT2D eigenvalue weighted by Gasteiger charge is 2.36. The summed E-state index contributed by atoms with van der Waals surface area (Å²) in [6, 6.07) is 22.8. The summed E-state index contributed by atoms with van der Waals surface area (Å²) in [5, 5.41) is 5.15. The first-order valence-corrected chi connectivity index (χ1v) is 11.1. The molecule has 2 amide bonds. The number of aryl methyl sites for hydroxylation is 1. The summed E-state index contributed by atoms with van der Waals surface area (Å²) in [4.78, 5) is 27.6. The Kier molecular flexibility index (Phi) is 6.83. The first-order chi connectivity index (χ1) is 15.5. The van der Waals surface area contributed by atoms with Crippen molar-refractivity contribution in [3.8, 4) is 0 Å². The lowest BCUT2D eigenvalue weighted by molar-refractivity contribution is -0.123. The van der Waals surface area contributed by atoms with E-state index in [1.807, 2.05) is 72.8 Å². The van der Waals surface area contributed by atoms with E-state index in [2.05, 4.69) is 5.32 Å². The second-order valence-corrected chi connectivity index (χ2v) is 8.48. The molecular weight excluding hydrogens is 400 g/mol. The molecule has 1 aliphatic heterocycles. The summed E-state index contributed by atoms with van der Waals surface area (Å²) >= 11 is 0. The Morgan fingerprint density at radius 3 is 2.47 bits per heavy atom. The Balaban J connectivity index is 1.37. The van der Waals surface area contributed by atoms with E-state index < -0.39 is 6.04 Å². The van der Waals surface area contributed by atoms with Gasteiger partial charge in [0.15, 0.2) is 0 Å². The van der Waals surface area contributed by atoms with E-state index in [9.17, 15) is 9.59 Å². The molecule has 0 bridgehead atoms. The van der Waals surface area contributed by atoms with Crippen LogP contribution in [0.2, 0.25) is 0 Å². The Morgan fingerprint density at radius 1 is 1.00 bits per heavy atom. The van der Waals surface area contributed by atoms with Crippen molar-refractivity contribution in [3.05, 3.63) is 83.9 Å². The molecule has 0 aliphatic carbocycles. The van der Waals surface area contributed by atoms with E-state index in [1.165, 1.54) is 0 Å². The highest BCUT2D eigenvalue weighted by atomic mass is 16.2. The van der Waals surface area contributed by atoms with Crippen LogP contribution in [0.4, 0.5) is 0 Å². The standard InChI is InChI=1S/C26H30N4O2/c27-16-23-15-22(29-25(31)24(28)13-10-18-6-2-1-3-7-18)17-30(23)26(32)21-12-11-19-8-4-5-9-20(19)14-21/h1-9,11-12,14,22-24H,10,13,15-17,27-28H2,(H,29,31)/t22-,23-,24-/m0/s1. The SMILES string of the molecule is NC[C@@H]1C[C@H](NC(=O)[C@@H](N)CCc2ccccc2)CN1C(=O)c1ccc2ccccc2c1. The molecule has 1 saturated heterocycles. The number of carbonyl (C=O) groups is 2. The van der Waals surface area contributed by atoms with Crippen molar-refractivity contribution in [3.63, 3.8) is 0 Å². The number of amides is 2. The van der Waals surface area contributed by atoms with Crippen molar-refractivity contribution in [1.82, 2.24) is 10.2 Å². The van der Waals surface area contributed by atoms with Gasteiger partial charge in [0.25, 0.3) is 5.91 Å². The van der Waals surface area contributed by atoms with Crippen molar-refractivity contribution in [1.29, 1.82) is 0 Å². The summed E-state index contributed by atoms with van der Waals surface area (Å²) in [6.07, 6.45) is 1.95. The van der Waals surface area contributed by atoms with Gasteiger partial charge in [-0.25, -0.2) is 0 Å². The predicted octanol–water partition coefficient (Wildman–Crippen LogP) is 2.46. The Morgan fingerprint density at radius 2 is 1.72 bits per heavy atom. The van der Waals surface area contributed by atoms with Crippen LogP contribution >= 0.6 is 0 Å². The average molecular weight is 431 g/mol. The zero-order valence-electron chi connectivity index (χ0n) is 18.1. The van der Waals surface area contributed by atoms with Gasteiger partial charge in [0, 0.05) is 30.7 Å². The molecular formula is C26H30N4O2. The maximum absolute atomic E-state index is 13.2. The molecule has 3 aromatic rings. The number of nitrogens with one attached hydrogen (secondary N) is 1. The summed E-state index contributed by atoms with van der Waals surface area (Å²) in [7, 11) is 0. The van der Waals surface area contributed by atoms with E-state index in [0.717, 1.165) is 22.8 Å². The van der Waals surface area contributed by atoms with Crippen molar-refractivity contribution >= 4 is 22.6 Å². The number of hydrogen-bond donors (Lipinski definition) is 3. The second kappa shape index (κ2) is 9.94. The maximum Gasteiger partial charge on any atom is 0.254 e. The van der Waals surface area contributed by atoms with Crippen molar-refractivity contribution in [2.75, 3.05) is 13.1 Å². The number of hydrogen-bond acceptors (Lipinski definition) is 4. The fourth-order valence-electron chi connectivity index (χ4n) is 4.39. The van der Waals surface area contributed by atoms with E-state index >= 15 is 0 Å². The lowest BCUT2D eigenvalue weighted by Crippen LogP contribution is -2.46. The fraction of sp³-hybridized carbons (Fsp3) is 0.308. The number of rotatable bonds is 7. The van der Waals surface area contributed by atoms with Gasteiger partial charge in [-0.3, -0.25) is 9.59 Å². The maximum atomic E-state index is 13.2. The molecule has 6 nitrogen and oxygen atoms in total. The molecule has 0 unspecified atom stereocenters. The molecule has 3 aromatic carbocycles. The van der Waals surface area contributed by atoms with Crippen LogP contribution in [0, 0.1) is 0 Å². The molecule has 1 heterocycles. The smallest absolute Gasteiger partial charge is 0.254 e. The first-order valence-electron chi connectivity index (χ1n) is 11.1. The van der Waals surface area contributed by atoms with Gasteiger partial charge in [-0.1, -0.05) is 60.7 Å². The second-order valence-electron chi connectivity index (χ2n) is 8.48. The number of fused-ring (bicyclic) bond motifs is 1. The molecule has 0 spiro atoms. The van der Waals surface area contributed by atoms with Crippen LogP contribution < -0.4 is 16.8 Å². The summed E-state index contributed by atoms with van der Waals surface area (Å²) in [5.41, 5.74) is 13.9. The van der Waals surface area contributed by atoms with Crippen LogP contribution in [0.15, 0.2) is 72.8 Å². The minimum Gasteiger partial charge on any atom is -0.350 e. The lowest BCUT2D eigenvalue weighted by atomic mass is 10.0. The largest absolute Gasteiger partial charge is 0.350 e. The summed E-state index contributed by atoms with van der Waals surface area (Å²) < 4.78 is 0. The number of carbonyl (C=O) groups excluding carboxylic acids is 2. The minimum absolute atomic E-state index is 0.0590. The molecule has 5 N–H and O–H groups in total. The van der Waals surface area contributed by atoms with Crippen LogP contribution in [-0.2, 0) is 11.2 Å². The normalized spacial score (nSPS) is 19.1. The summed E-state index contributed by atoms with van der Waals surface area (Å²) in [5.74, 6) is -0.238. The molecule has 6 heteroatoms. The number of nitrogens with two attached hydrogens (primary N) is 2. The number of likely N-dealkylation sites (tertiary alicyclic amines) is 1. The Labute approximate surface area is 188 Å². The lowest BCUT2D eigenvalue weighted by Gasteiger charge is -2.23. The van der Waals surface area contributed by atoms with Gasteiger partial charge in [-0.05, 0) is 47.7 Å². The van der Waals surface area contributed by atoms with E-state index in [-0.39, 0.29) is 23.9 Å². The monoisotopic (exact) mass is 430 g/mol. The van der Waals surface area contributed by atoms with Gasteiger partial charge in [-0.2, -0.15) is 0 Å². The van der Waals surface area contributed by atoms with Crippen LogP contribution in [0.5, 0.6) is 0 Å². The van der Waals surface area contributed by atoms with E-state index in [0.29, 0.717) is 31.5 Å². The molecule has 1 fully saturated rings. The third-order valence-corrected chi connectivity index (χ3v) is 6.21. The minimum atomic E-state index is -0.586. The fourth-order valence-corrected chi connectivity index (χ4v) is 4.39. The third-order valence-electron chi connectivity index (χ3n) is 6.21. The van der Waals surface area contributed by atoms with Crippen molar-refractivity contribution < 1.29 is 9.59 Å². The van der Waals surface area contributed by atoms with Crippen molar-refractivity contribution in [2.45, 2.75) is 37.4 Å². The topological polar surface area (TPSA) is 101 Å².